The number of hydrogen-bond donors (Lipinski definition) is 2. The van der Waals surface area contributed by atoms with Gasteiger partial charge in [-0.1, -0.05) is 6.07 Å². The monoisotopic (exact) mass is 305 g/mol. The lowest BCUT2D eigenvalue weighted by Crippen LogP contribution is -2.35. The Morgan fingerprint density at radius 1 is 1.36 bits per heavy atom. The lowest BCUT2D eigenvalue weighted by atomic mass is 10.0. The average Bonchev–Trinajstić information content (AvgIpc) is 3.14. The van der Waals surface area contributed by atoms with Crippen molar-refractivity contribution in [2.24, 2.45) is 0 Å². The highest BCUT2D eigenvalue weighted by molar-refractivity contribution is 5.84. The number of carbonyl (C=O) groups excluding carboxylic acids is 1. The van der Waals surface area contributed by atoms with Gasteiger partial charge in [-0.25, -0.2) is 4.79 Å². The molecular weight excluding hydrogens is 286 g/mol. The van der Waals surface area contributed by atoms with Crippen LogP contribution in [0.3, 0.4) is 0 Å². The van der Waals surface area contributed by atoms with Crippen LogP contribution in [-0.2, 0) is 20.7 Å². The molecule has 0 aromatic heterocycles. The maximum absolute atomic E-state index is 12.0. The van der Waals surface area contributed by atoms with E-state index in [0.29, 0.717) is 18.8 Å². The minimum atomic E-state index is -1.07. The van der Waals surface area contributed by atoms with Crippen molar-refractivity contribution in [2.75, 3.05) is 13.2 Å². The Morgan fingerprint density at radius 3 is 2.95 bits per heavy atom. The lowest BCUT2D eigenvalue weighted by Gasteiger charge is -2.17. The van der Waals surface area contributed by atoms with E-state index in [1.165, 1.54) is 0 Å². The van der Waals surface area contributed by atoms with Crippen LogP contribution in [0.1, 0.15) is 36.4 Å². The lowest BCUT2D eigenvalue weighted by molar-refractivity contribution is -0.142. The second kappa shape index (κ2) is 6.36. The number of fused-ring (bicyclic) bond motifs is 1. The van der Waals surface area contributed by atoms with Crippen molar-refractivity contribution < 1.29 is 24.2 Å². The van der Waals surface area contributed by atoms with Gasteiger partial charge in [0.15, 0.2) is 6.04 Å². The van der Waals surface area contributed by atoms with E-state index in [1.54, 1.807) is 18.2 Å². The number of nitrogens with one attached hydrogen (secondary N) is 1. The third kappa shape index (κ3) is 3.22. The number of amides is 1. The van der Waals surface area contributed by atoms with E-state index in [1.807, 2.05) is 0 Å². The van der Waals surface area contributed by atoms with Gasteiger partial charge >= 0.3 is 5.97 Å². The van der Waals surface area contributed by atoms with Gasteiger partial charge in [0.05, 0.1) is 19.1 Å². The zero-order chi connectivity index (χ0) is 15.5. The number of carboxylic acid groups (broad SMARTS) is 1. The van der Waals surface area contributed by atoms with Gasteiger partial charge in [0.1, 0.15) is 5.75 Å². The summed E-state index contributed by atoms with van der Waals surface area (Å²) in [7, 11) is 0. The zero-order valence-corrected chi connectivity index (χ0v) is 12.2. The van der Waals surface area contributed by atoms with Crippen LogP contribution in [0.2, 0.25) is 0 Å². The zero-order valence-electron chi connectivity index (χ0n) is 12.2. The number of carboxylic acids is 1. The van der Waals surface area contributed by atoms with Crippen LogP contribution >= 0.6 is 0 Å². The first-order valence-electron chi connectivity index (χ1n) is 7.53. The molecule has 1 fully saturated rings. The molecule has 2 N–H and O–H groups in total. The highest BCUT2D eigenvalue weighted by Crippen LogP contribution is 2.28. The molecule has 0 bridgehead atoms. The van der Waals surface area contributed by atoms with E-state index < -0.39 is 12.0 Å². The van der Waals surface area contributed by atoms with Gasteiger partial charge in [-0.15, -0.1) is 0 Å². The first-order valence-corrected chi connectivity index (χ1v) is 7.53. The normalized spacial score (nSPS) is 21.0. The van der Waals surface area contributed by atoms with Crippen LogP contribution in [0.5, 0.6) is 5.75 Å². The van der Waals surface area contributed by atoms with Crippen LogP contribution in [0.25, 0.3) is 0 Å². The largest absolute Gasteiger partial charge is 0.493 e. The molecule has 0 saturated carbocycles. The molecule has 1 aromatic rings. The van der Waals surface area contributed by atoms with Crippen LogP contribution in [0.15, 0.2) is 18.2 Å². The maximum atomic E-state index is 12.0. The SMILES string of the molecule is O=C(CC1CCCO1)NC(C(=O)O)c1ccc2c(c1)CCO2. The van der Waals surface area contributed by atoms with Gasteiger partial charge in [0.25, 0.3) is 0 Å². The molecule has 2 unspecified atom stereocenters. The minimum absolute atomic E-state index is 0.0946. The number of hydrogen-bond acceptors (Lipinski definition) is 4. The number of benzene rings is 1. The summed E-state index contributed by atoms with van der Waals surface area (Å²) in [5, 5.41) is 12.0. The molecule has 2 aliphatic heterocycles. The average molecular weight is 305 g/mol. The Bertz CT molecular complexity index is 580. The van der Waals surface area contributed by atoms with E-state index in [0.717, 1.165) is 30.6 Å². The van der Waals surface area contributed by atoms with Crippen LogP contribution in [0.4, 0.5) is 0 Å². The van der Waals surface area contributed by atoms with Crippen molar-refractivity contribution >= 4 is 11.9 Å². The van der Waals surface area contributed by atoms with Gasteiger partial charge in [-0.3, -0.25) is 4.79 Å². The van der Waals surface area contributed by atoms with Crippen molar-refractivity contribution in [3.63, 3.8) is 0 Å². The standard InChI is InChI=1S/C16H19NO5/c18-14(9-12-2-1-6-21-12)17-15(16(19)20)11-3-4-13-10(8-11)5-7-22-13/h3-4,8,12,15H,1-2,5-7,9H2,(H,17,18)(H,19,20). The summed E-state index contributed by atoms with van der Waals surface area (Å²) in [5.74, 6) is -0.575. The third-order valence-corrected chi connectivity index (χ3v) is 4.04. The van der Waals surface area contributed by atoms with Gasteiger partial charge in [0.2, 0.25) is 5.91 Å². The third-order valence-electron chi connectivity index (χ3n) is 4.04. The number of ether oxygens (including phenoxy) is 2. The summed E-state index contributed by atoms with van der Waals surface area (Å²) in [6, 6.07) is 4.21. The molecule has 6 nitrogen and oxygen atoms in total. The highest BCUT2D eigenvalue weighted by atomic mass is 16.5. The van der Waals surface area contributed by atoms with Gasteiger partial charge in [-0.2, -0.15) is 0 Å². The first-order chi connectivity index (χ1) is 10.6. The topological polar surface area (TPSA) is 84.9 Å². The molecule has 0 radical (unpaired) electrons. The Labute approximate surface area is 128 Å². The second-order valence-electron chi connectivity index (χ2n) is 5.64. The molecule has 118 valence electrons. The van der Waals surface area contributed by atoms with E-state index >= 15 is 0 Å². The Kier molecular flexibility index (Phi) is 4.29. The number of rotatable bonds is 5. The van der Waals surface area contributed by atoms with Crippen molar-refractivity contribution in [2.45, 2.75) is 37.8 Å². The fraction of sp³-hybridized carbons (Fsp3) is 0.500. The van der Waals surface area contributed by atoms with Gasteiger partial charge in [0, 0.05) is 13.0 Å². The molecule has 1 saturated heterocycles. The Morgan fingerprint density at radius 2 is 2.23 bits per heavy atom. The summed E-state index contributed by atoms with van der Waals surface area (Å²) in [5.41, 5.74) is 1.55. The summed E-state index contributed by atoms with van der Waals surface area (Å²) in [6.45, 7) is 1.28. The smallest absolute Gasteiger partial charge is 0.330 e. The van der Waals surface area contributed by atoms with E-state index in [4.69, 9.17) is 9.47 Å². The molecule has 0 aliphatic carbocycles. The van der Waals surface area contributed by atoms with Crippen molar-refractivity contribution in [3.8, 4) is 5.75 Å². The summed E-state index contributed by atoms with van der Waals surface area (Å²) in [4.78, 5) is 23.5. The highest BCUT2D eigenvalue weighted by Gasteiger charge is 2.26. The molecule has 1 amide bonds. The van der Waals surface area contributed by atoms with Gasteiger partial charge < -0.3 is 19.9 Å². The molecule has 2 heterocycles. The Hall–Kier alpha value is -2.08. The predicted molar refractivity (Wildman–Crippen MR) is 77.8 cm³/mol. The van der Waals surface area contributed by atoms with E-state index in [9.17, 15) is 14.7 Å². The molecule has 22 heavy (non-hydrogen) atoms. The number of aliphatic carboxylic acids is 1. The predicted octanol–water partition coefficient (Wildman–Crippen LogP) is 1.43. The minimum Gasteiger partial charge on any atom is -0.493 e. The first kappa shape index (κ1) is 14.8. The fourth-order valence-electron chi connectivity index (χ4n) is 2.91. The summed E-state index contributed by atoms with van der Waals surface area (Å²) >= 11 is 0. The van der Waals surface area contributed by atoms with E-state index in [2.05, 4.69) is 5.32 Å². The molecule has 3 rings (SSSR count). The molecular formula is C16H19NO5. The molecule has 2 aliphatic rings. The van der Waals surface area contributed by atoms with E-state index in [-0.39, 0.29) is 18.4 Å². The van der Waals surface area contributed by atoms with Crippen molar-refractivity contribution in [1.82, 2.24) is 5.32 Å². The quantitative estimate of drug-likeness (QED) is 0.859. The van der Waals surface area contributed by atoms with Crippen LogP contribution < -0.4 is 10.1 Å². The summed E-state index contributed by atoms with van der Waals surface area (Å²) < 4.78 is 10.8. The maximum Gasteiger partial charge on any atom is 0.330 e. The second-order valence-corrected chi connectivity index (χ2v) is 5.64. The van der Waals surface area contributed by atoms with Crippen LogP contribution in [-0.4, -0.2) is 36.3 Å². The van der Waals surface area contributed by atoms with Crippen LogP contribution in [0, 0.1) is 0 Å². The number of carbonyl (C=O) groups is 2. The van der Waals surface area contributed by atoms with Crippen molar-refractivity contribution in [1.29, 1.82) is 0 Å². The molecule has 0 spiro atoms. The summed E-state index contributed by atoms with van der Waals surface area (Å²) in [6.07, 6.45) is 2.67. The molecule has 6 heteroatoms. The Balaban J connectivity index is 1.69. The molecule has 1 aromatic carbocycles. The van der Waals surface area contributed by atoms with Crippen molar-refractivity contribution in [3.05, 3.63) is 29.3 Å². The van der Waals surface area contributed by atoms with Gasteiger partial charge in [-0.05, 0) is 36.1 Å². The fourth-order valence-corrected chi connectivity index (χ4v) is 2.91. The molecule has 2 atom stereocenters.